The predicted molar refractivity (Wildman–Crippen MR) is 61.0 cm³/mol. The van der Waals surface area contributed by atoms with E-state index < -0.39 is 0 Å². The first kappa shape index (κ1) is 12.1. The van der Waals surface area contributed by atoms with Crippen LogP contribution >= 0.6 is 0 Å². The lowest BCUT2D eigenvalue weighted by atomic mass is 9.97. The Kier molecular flexibility index (Phi) is 4.72. The normalized spacial score (nSPS) is 12.8. The Bertz CT molecular complexity index is 312. The van der Waals surface area contributed by atoms with E-state index >= 15 is 0 Å². The molecule has 0 aliphatic carbocycles. The minimum atomic E-state index is -0.179. The number of halogens is 1. The van der Waals surface area contributed by atoms with Crippen LogP contribution in [-0.4, -0.2) is 6.54 Å². The third-order valence-electron chi connectivity index (χ3n) is 2.68. The Morgan fingerprint density at radius 3 is 2.73 bits per heavy atom. The van der Waals surface area contributed by atoms with Crippen LogP contribution in [0.2, 0.25) is 0 Å². The summed E-state index contributed by atoms with van der Waals surface area (Å²) in [7, 11) is 0. The summed E-state index contributed by atoms with van der Waals surface area (Å²) in [6, 6.07) is 4.99. The van der Waals surface area contributed by atoms with Gasteiger partial charge in [0.25, 0.3) is 0 Å². The van der Waals surface area contributed by atoms with Gasteiger partial charge < -0.3 is 11.5 Å². The van der Waals surface area contributed by atoms with Gasteiger partial charge in [-0.15, -0.1) is 0 Å². The fraction of sp³-hybridized carbons (Fsp3) is 0.500. The number of unbranched alkanes of at least 4 members (excludes halogenated alkanes) is 1. The second-order valence-corrected chi connectivity index (χ2v) is 3.85. The third-order valence-corrected chi connectivity index (χ3v) is 2.68. The monoisotopic (exact) mass is 210 g/mol. The van der Waals surface area contributed by atoms with Crippen LogP contribution in [0.5, 0.6) is 0 Å². The van der Waals surface area contributed by atoms with Crippen molar-refractivity contribution < 1.29 is 4.39 Å². The molecule has 0 heterocycles. The Morgan fingerprint density at radius 1 is 1.33 bits per heavy atom. The minimum Gasteiger partial charge on any atom is -0.330 e. The number of benzene rings is 1. The summed E-state index contributed by atoms with van der Waals surface area (Å²) < 4.78 is 13.3. The molecule has 0 aliphatic rings. The van der Waals surface area contributed by atoms with E-state index in [2.05, 4.69) is 0 Å². The van der Waals surface area contributed by atoms with Crippen molar-refractivity contribution in [2.45, 2.75) is 32.2 Å². The van der Waals surface area contributed by atoms with Crippen LogP contribution in [0.3, 0.4) is 0 Å². The molecule has 4 N–H and O–H groups in total. The molecule has 0 aromatic heterocycles. The second kappa shape index (κ2) is 5.83. The molecule has 2 nitrogen and oxygen atoms in total. The summed E-state index contributed by atoms with van der Waals surface area (Å²) >= 11 is 0. The maximum Gasteiger partial charge on any atom is 0.126 e. The average Bonchev–Trinajstić information content (AvgIpc) is 2.22. The highest BCUT2D eigenvalue weighted by Gasteiger charge is 2.10. The molecular formula is C12H19FN2. The molecule has 3 heteroatoms. The Morgan fingerprint density at radius 2 is 2.07 bits per heavy atom. The molecular weight excluding hydrogens is 191 g/mol. The molecule has 0 saturated heterocycles. The van der Waals surface area contributed by atoms with Gasteiger partial charge in [0.15, 0.2) is 0 Å². The Hall–Kier alpha value is -0.930. The standard InChI is InChI=1S/C12H19FN2/c1-9-10(5-4-6-11(9)13)12(15)7-2-3-8-14/h4-6,12H,2-3,7-8,14-15H2,1H3/t12-/m0/s1. The molecule has 15 heavy (non-hydrogen) atoms. The molecule has 1 aromatic carbocycles. The molecule has 0 radical (unpaired) electrons. The van der Waals surface area contributed by atoms with Crippen molar-refractivity contribution in [3.05, 3.63) is 35.1 Å². The van der Waals surface area contributed by atoms with Gasteiger partial charge in [0, 0.05) is 6.04 Å². The molecule has 0 fully saturated rings. The van der Waals surface area contributed by atoms with Crippen molar-refractivity contribution in [2.75, 3.05) is 6.54 Å². The van der Waals surface area contributed by atoms with E-state index in [0.717, 1.165) is 24.8 Å². The largest absolute Gasteiger partial charge is 0.330 e. The van der Waals surface area contributed by atoms with E-state index in [-0.39, 0.29) is 11.9 Å². The minimum absolute atomic E-state index is 0.0766. The number of hydrogen-bond donors (Lipinski definition) is 2. The molecule has 0 aliphatic heterocycles. The van der Waals surface area contributed by atoms with Gasteiger partial charge in [-0.3, -0.25) is 0 Å². The summed E-state index contributed by atoms with van der Waals surface area (Å²) in [5.74, 6) is -0.179. The number of nitrogens with two attached hydrogens (primary N) is 2. The lowest BCUT2D eigenvalue weighted by Crippen LogP contribution is -2.13. The average molecular weight is 210 g/mol. The van der Waals surface area contributed by atoms with Crippen LogP contribution in [0.15, 0.2) is 18.2 Å². The van der Waals surface area contributed by atoms with E-state index in [9.17, 15) is 4.39 Å². The van der Waals surface area contributed by atoms with E-state index in [0.29, 0.717) is 12.1 Å². The van der Waals surface area contributed by atoms with Crippen molar-refractivity contribution in [3.8, 4) is 0 Å². The highest BCUT2D eigenvalue weighted by atomic mass is 19.1. The molecule has 1 atom stereocenters. The van der Waals surface area contributed by atoms with Gasteiger partial charge in [0.05, 0.1) is 0 Å². The second-order valence-electron chi connectivity index (χ2n) is 3.85. The van der Waals surface area contributed by atoms with Crippen LogP contribution in [0.4, 0.5) is 4.39 Å². The van der Waals surface area contributed by atoms with Gasteiger partial charge in [-0.1, -0.05) is 18.6 Å². The van der Waals surface area contributed by atoms with Gasteiger partial charge >= 0.3 is 0 Å². The molecule has 0 saturated carbocycles. The SMILES string of the molecule is Cc1c(F)cccc1[C@@H](N)CCCCN. The van der Waals surface area contributed by atoms with Gasteiger partial charge in [-0.05, 0) is 43.5 Å². The zero-order chi connectivity index (χ0) is 11.3. The molecule has 1 rings (SSSR count). The highest BCUT2D eigenvalue weighted by Crippen LogP contribution is 2.21. The summed E-state index contributed by atoms with van der Waals surface area (Å²) in [5.41, 5.74) is 13.0. The fourth-order valence-electron chi connectivity index (χ4n) is 1.69. The maximum absolute atomic E-state index is 13.3. The van der Waals surface area contributed by atoms with Crippen molar-refractivity contribution in [2.24, 2.45) is 11.5 Å². The molecule has 0 spiro atoms. The van der Waals surface area contributed by atoms with E-state index in [1.54, 1.807) is 13.0 Å². The summed E-state index contributed by atoms with van der Waals surface area (Å²) in [6.45, 7) is 2.46. The third kappa shape index (κ3) is 3.29. The number of rotatable bonds is 5. The van der Waals surface area contributed by atoms with E-state index in [1.165, 1.54) is 6.07 Å². The van der Waals surface area contributed by atoms with Gasteiger partial charge in [-0.25, -0.2) is 4.39 Å². The molecule has 1 aromatic rings. The van der Waals surface area contributed by atoms with E-state index in [4.69, 9.17) is 11.5 Å². The van der Waals surface area contributed by atoms with Crippen LogP contribution in [0, 0.1) is 12.7 Å². The zero-order valence-electron chi connectivity index (χ0n) is 9.17. The Balaban J connectivity index is 2.65. The fourth-order valence-corrected chi connectivity index (χ4v) is 1.69. The maximum atomic E-state index is 13.3. The van der Waals surface area contributed by atoms with Crippen molar-refractivity contribution in [1.82, 2.24) is 0 Å². The van der Waals surface area contributed by atoms with Gasteiger partial charge in [0.1, 0.15) is 5.82 Å². The molecule has 0 amide bonds. The zero-order valence-corrected chi connectivity index (χ0v) is 9.17. The lowest BCUT2D eigenvalue weighted by molar-refractivity contribution is 0.573. The van der Waals surface area contributed by atoms with Crippen molar-refractivity contribution in [1.29, 1.82) is 0 Å². The first-order valence-electron chi connectivity index (χ1n) is 5.37. The van der Waals surface area contributed by atoms with Gasteiger partial charge in [0.2, 0.25) is 0 Å². The molecule has 84 valence electrons. The van der Waals surface area contributed by atoms with Crippen LogP contribution < -0.4 is 11.5 Å². The molecule has 0 unspecified atom stereocenters. The van der Waals surface area contributed by atoms with Crippen molar-refractivity contribution in [3.63, 3.8) is 0 Å². The predicted octanol–water partition coefficient (Wildman–Crippen LogP) is 2.26. The Labute approximate surface area is 90.5 Å². The summed E-state index contributed by atoms with van der Waals surface area (Å²) in [4.78, 5) is 0. The van der Waals surface area contributed by atoms with Crippen LogP contribution in [-0.2, 0) is 0 Å². The quantitative estimate of drug-likeness (QED) is 0.732. The van der Waals surface area contributed by atoms with Crippen LogP contribution in [0.1, 0.15) is 36.4 Å². The van der Waals surface area contributed by atoms with Crippen molar-refractivity contribution >= 4 is 0 Å². The lowest BCUT2D eigenvalue weighted by Gasteiger charge is -2.14. The van der Waals surface area contributed by atoms with Crippen LogP contribution in [0.25, 0.3) is 0 Å². The first-order chi connectivity index (χ1) is 7.16. The number of hydrogen-bond acceptors (Lipinski definition) is 2. The summed E-state index contributed by atoms with van der Waals surface area (Å²) in [6.07, 6.45) is 2.83. The topological polar surface area (TPSA) is 52.0 Å². The van der Waals surface area contributed by atoms with Gasteiger partial charge in [-0.2, -0.15) is 0 Å². The summed E-state index contributed by atoms with van der Waals surface area (Å²) in [5, 5.41) is 0. The molecule has 0 bridgehead atoms. The first-order valence-corrected chi connectivity index (χ1v) is 5.37. The smallest absolute Gasteiger partial charge is 0.126 e. The van der Waals surface area contributed by atoms with E-state index in [1.807, 2.05) is 6.07 Å². The highest BCUT2D eigenvalue weighted by molar-refractivity contribution is 5.29.